The molecule has 4 rings (SSSR count). The van der Waals surface area contributed by atoms with Crippen LogP contribution in [-0.4, -0.2) is 36.2 Å². The number of fused-ring (bicyclic) bond motifs is 1. The molecule has 8 nitrogen and oxygen atoms in total. The molecule has 1 atom stereocenters. The number of carbonyl (C=O) groups excluding carboxylic acids is 1. The van der Waals surface area contributed by atoms with Crippen LogP contribution in [-0.2, 0) is 16.1 Å². The summed E-state index contributed by atoms with van der Waals surface area (Å²) in [5, 5.41) is 11.3. The molecule has 0 bridgehead atoms. The average Bonchev–Trinajstić information content (AvgIpc) is 3.27. The van der Waals surface area contributed by atoms with Gasteiger partial charge in [0.05, 0.1) is 24.7 Å². The molecule has 0 aliphatic carbocycles. The number of amides is 1. The van der Waals surface area contributed by atoms with E-state index in [2.05, 4.69) is 0 Å². The molecule has 8 heteroatoms. The molecular weight excluding hydrogens is 388 g/mol. The van der Waals surface area contributed by atoms with Gasteiger partial charge in [-0.1, -0.05) is 12.1 Å². The third-order valence-electron chi connectivity index (χ3n) is 5.35. The molecule has 0 radical (unpaired) electrons. The fraction of sp³-hybridized carbons (Fsp3) is 0.318. The normalized spacial score (nSPS) is 18.2. The third kappa shape index (κ3) is 3.99. The van der Waals surface area contributed by atoms with Crippen molar-refractivity contribution in [3.8, 4) is 11.5 Å². The summed E-state index contributed by atoms with van der Waals surface area (Å²) < 4.78 is 16.1. The topological polar surface area (TPSA) is 91.1 Å². The molecule has 1 saturated heterocycles. The van der Waals surface area contributed by atoms with Crippen molar-refractivity contribution in [2.75, 3.05) is 20.4 Å². The van der Waals surface area contributed by atoms with Gasteiger partial charge >= 0.3 is 0 Å². The van der Waals surface area contributed by atoms with Crippen LogP contribution in [0.15, 0.2) is 42.5 Å². The summed E-state index contributed by atoms with van der Waals surface area (Å²) in [5.74, 6) is 1.12. The number of non-ortho nitro benzene ring substituents is 1. The van der Waals surface area contributed by atoms with Gasteiger partial charge in [-0.05, 0) is 36.6 Å². The quantitative estimate of drug-likeness (QED) is 0.422. The monoisotopic (exact) mass is 410 g/mol. The second-order valence-corrected chi connectivity index (χ2v) is 7.19. The van der Waals surface area contributed by atoms with E-state index in [1.54, 1.807) is 13.2 Å². The van der Waals surface area contributed by atoms with E-state index in [-0.39, 0.29) is 31.0 Å². The van der Waals surface area contributed by atoms with Crippen LogP contribution in [0.2, 0.25) is 0 Å². The minimum Gasteiger partial charge on any atom is -0.497 e. The zero-order valence-electron chi connectivity index (χ0n) is 16.6. The Bertz CT molecular complexity index is 1000. The first-order valence-corrected chi connectivity index (χ1v) is 9.71. The minimum absolute atomic E-state index is 0.0269. The maximum atomic E-state index is 13.0. The Morgan fingerprint density at radius 2 is 2.20 bits per heavy atom. The molecule has 1 unspecified atom stereocenters. The van der Waals surface area contributed by atoms with Gasteiger partial charge in [0, 0.05) is 35.9 Å². The van der Waals surface area contributed by atoms with Gasteiger partial charge in [-0.25, -0.2) is 0 Å². The standard InChI is InChI=1S/C22H22N2O6/c1-28-19-5-2-4-15(12-19)20-6-3-9-23(20)21(25)8-7-16-10-18(24(26)27)11-17-13-29-14-30-22(16)17/h2,4-5,7-8,10-12,20H,3,6,9,13-14H2,1H3/b8-7+. The first-order chi connectivity index (χ1) is 14.6. The van der Waals surface area contributed by atoms with Crippen molar-refractivity contribution in [1.29, 1.82) is 0 Å². The van der Waals surface area contributed by atoms with Gasteiger partial charge in [0.1, 0.15) is 11.5 Å². The van der Waals surface area contributed by atoms with Crippen molar-refractivity contribution in [3.63, 3.8) is 0 Å². The molecule has 2 aliphatic rings. The van der Waals surface area contributed by atoms with Gasteiger partial charge in [0.2, 0.25) is 5.91 Å². The second-order valence-electron chi connectivity index (χ2n) is 7.19. The number of nitro benzene ring substituents is 1. The van der Waals surface area contributed by atoms with Crippen molar-refractivity contribution in [2.45, 2.75) is 25.5 Å². The molecule has 2 heterocycles. The van der Waals surface area contributed by atoms with Crippen LogP contribution in [0.1, 0.15) is 35.6 Å². The summed E-state index contributed by atoms with van der Waals surface area (Å²) in [6, 6.07) is 10.6. The smallest absolute Gasteiger partial charge is 0.270 e. The van der Waals surface area contributed by atoms with E-state index in [0.717, 1.165) is 24.2 Å². The molecule has 0 spiro atoms. The molecule has 2 aliphatic heterocycles. The Labute approximate surface area is 173 Å². The highest BCUT2D eigenvalue weighted by atomic mass is 16.7. The van der Waals surface area contributed by atoms with Crippen molar-refractivity contribution < 1.29 is 23.9 Å². The van der Waals surface area contributed by atoms with Crippen LogP contribution in [0.5, 0.6) is 11.5 Å². The molecule has 0 aromatic heterocycles. The molecular formula is C22H22N2O6. The predicted octanol–water partition coefficient (Wildman–Crippen LogP) is 3.85. The van der Waals surface area contributed by atoms with Gasteiger partial charge < -0.3 is 19.1 Å². The van der Waals surface area contributed by atoms with E-state index in [9.17, 15) is 14.9 Å². The van der Waals surface area contributed by atoms with Crippen LogP contribution in [0.3, 0.4) is 0 Å². The number of benzene rings is 2. The van der Waals surface area contributed by atoms with E-state index in [4.69, 9.17) is 14.2 Å². The highest BCUT2D eigenvalue weighted by Gasteiger charge is 2.29. The first-order valence-electron chi connectivity index (χ1n) is 9.71. The number of hydrogen-bond acceptors (Lipinski definition) is 6. The predicted molar refractivity (Wildman–Crippen MR) is 109 cm³/mol. The second kappa shape index (κ2) is 8.54. The number of rotatable bonds is 5. The lowest BCUT2D eigenvalue weighted by molar-refractivity contribution is -0.385. The highest BCUT2D eigenvalue weighted by Crippen LogP contribution is 2.35. The Morgan fingerprint density at radius 1 is 1.33 bits per heavy atom. The molecule has 30 heavy (non-hydrogen) atoms. The van der Waals surface area contributed by atoms with Gasteiger partial charge in [0.15, 0.2) is 6.79 Å². The number of hydrogen-bond donors (Lipinski definition) is 0. The van der Waals surface area contributed by atoms with Crippen LogP contribution in [0.4, 0.5) is 5.69 Å². The maximum absolute atomic E-state index is 13.0. The Kier molecular flexibility index (Phi) is 5.67. The lowest BCUT2D eigenvalue weighted by Gasteiger charge is -2.24. The van der Waals surface area contributed by atoms with Crippen LogP contribution < -0.4 is 9.47 Å². The number of likely N-dealkylation sites (tertiary alicyclic amines) is 1. The Morgan fingerprint density at radius 3 is 3.00 bits per heavy atom. The Balaban J connectivity index is 1.59. The largest absolute Gasteiger partial charge is 0.497 e. The van der Waals surface area contributed by atoms with E-state index in [0.29, 0.717) is 23.4 Å². The Hall–Kier alpha value is -3.39. The summed E-state index contributed by atoms with van der Waals surface area (Å²) in [6.07, 6.45) is 4.82. The number of carbonyl (C=O) groups is 1. The number of nitro groups is 1. The summed E-state index contributed by atoms with van der Waals surface area (Å²) in [5.41, 5.74) is 2.05. The van der Waals surface area contributed by atoms with Gasteiger partial charge in [-0.15, -0.1) is 0 Å². The van der Waals surface area contributed by atoms with E-state index in [1.165, 1.54) is 18.2 Å². The van der Waals surface area contributed by atoms with Crippen LogP contribution in [0, 0.1) is 10.1 Å². The minimum atomic E-state index is -0.465. The van der Waals surface area contributed by atoms with Crippen LogP contribution in [0.25, 0.3) is 6.08 Å². The molecule has 2 aromatic carbocycles. The summed E-state index contributed by atoms with van der Waals surface area (Å²) >= 11 is 0. The number of methoxy groups -OCH3 is 1. The number of ether oxygens (including phenoxy) is 3. The summed E-state index contributed by atoms with van der Waals surface area (Å²) in [6.45, 7) is 0.960. The number of nitrogens with zero attached hydrogens (tertiary/aromatic N) is 2. The van der Waals surface area contributed by atoms with Crippen molar-refractivity contribution >= 4 is 17.7 Å². The molecule has 0 saturated carbocycles. The molecule has 1 amide bonds. The first kappa shape index (κ1) is 19.9. The summed E-state index contributed by atoms with van der Waals surface area (Å²) in [4.78, 5) is 25.6. The maximum Gasteiger partial charge on any atom is 0.270 e. The fourth-order valence-electron chi connectivity index (χ4n) is 3.94. The molecule has 2 aromatic rings. The van der Waals surface area contributed by atoms with Gasteiger partial charge in [-0.2, -0.15) is 0 Å². The summed E-state index contributed by atoms with van der Waals surface area (Å²) in [7, 11) is 1.62. The fourth-order valence-corrected chi connectivity index (χ4v) is 3.94. The molecule has 0 N–H and O–H groups in total. The lowest BCUT2D eigenvalue weighted by atomic mass is 10.0. The van der Waals surface area contributed by atoms with E-state index in [1.807, 2.05) is 29.2 Å². The van der Waals surface area contributed by atoms with Crippen molar-refractivity contribution in [2.24, 2.45) is 0 Å². The van der Waals surface area contributed by atoms with Crippen LogP contribution >= 0.6 is 0 Å². The van der Waals surface area contributed by atoms with E-state index >= 15 is 0 Å². The van der Waals surface area contributed by atoms with Gasteiger partial charge in [-0.3, -0.25) is 14.9 Å². The van der Waals surface area contributed by atoms with Crippen molar-refractivity contribution in [3.05, 3.63) is 69.3 Å². The average molecular weight is 410 g/mol. The SMILES string of the molecule is COc1cccc(C2CCCN2C(=O)/C=C/c2cc([N+](=O)[O-])cc3c2OCOC3)c1. The highest BCUT2D eigenvalue weighted by molar-refractivity contribution is 5.93. The third-order valence-corrected chi connectivity index (χ3v) is 5.35. The van der Waals surface area contributed by atoms with Crippen molar-refractivity contribution in [1.82, 2.24) is 4.90 Å². The lowest BCUT2D eigenvalue weighted by Crippen LogP contribution is -2.28. The van der Waals surface area contributed by atoms with Gasteiger partial charge in [0.25, 0.3) is 5.69 Å². The molecule has 1 fully saturated rings. The molecule has 156 valence electrons. The zero-order valence-corrected chi connectivity index (χ0v) is 16.6. The zero-order chi connectivity index (χ0) is 21.1. The van der Waals surface area contributed by atoms with E-state index < -0.39 is 4.92 Å².